The maximum absolute atomic E-state index is 4.64. The summed E-state index contributed by atoms with van der Waals surface area (Å²) < 4.78 is 1.90. The molecule has 4 nitrogen and oxygen atoms in total. The summed E-state index contributed by atoms with van der Waals surface area (Å²) in [4.78, 5) is 4.64. The first-order valence-electron chi connectivity index (χ1n) is 6.83. The van der Waals surface area contributed by atoms with Gasteiger partial charge in [-0.2, -0.15) is 5.10 Å². The van der Waals surface area contributed by atoms with Gasteiger partial charge in [-0.05, 0) is 26.3 Å². The van der Waals surface area contributed by atoms with Crippen molar-refractivity contribution >= 4 is 11.3 Å². The zero-order valence-electron chi connectivity index (χ0n) is 12.1. The zero-order valence-corrected chi connectivity index (χ0v) is 12.9. The minimum Gasteiger partial charge on any atom is -0.304 e. The minimum atomic E-state index is 0.169. The average Bonchev–Trinajstić information content (AvgIpc) is 2.97. The fraction of sp³-hybridized carbons (Fsp3) is 0.571. The number of nitrogens with zero attached hydrogens (tertiary/aromatic N) is 3. The predicted octanol–water partition coefficient (Wildman–Crippen LogP) is 2.84. The van der Waals surface area contributed by atoms with Gasteiger partial charge in [-0.1, -0.05) is 13.8 Å². The lowest BCUT2D eigenvalue weighted by Gasteiger charge is -2.16. The van der Waals surface area contributed by atoms with Crippen LogP contribution in [0.4, 0.5) is 0 Å². The van der Waals surface area contributed by atoms with Crippen molar-refractivity contribution in [3.05, 3.63) is 33.5 Å². The van der Waals surface area contributed by atoms with Crippen molar-refractivity contribution in [1.82, 2.24) is 20.1 Å². The molecule has 2 heterocycles. The van der Waals surface area contributed by atoms with E-state index < -0.39 is 0 Å². The lowest BCUT2D eigenvalue weighted by Crippen LogP contribution is -2.23. The molecule has 0 aromatic carbocycles. The Balaban J connectivity index is 2.36. The number of aromatic nitrogens is 3. The standard InChI is InChI=1S/C14H22N4S/c1-5-7-15-13(14-16-10(3)9-19-14)11-8-18(4)17-12(11)6-2/h8-9,13,15H,5-7H2,1-4H3. The number of hydrogen-bond acceptors (Lipinski definition) is 4. The van der Waals surface area contributed by atoms with Gasteiger partial charge < -0.3 is 5.32 Å². The van der Waals surface area contributed by atoms with E-state index in [4.69, 9.17) is 0 Å². The Bertz CT molecular complexity index is 529. The topological polar surface area (TPSA) is 42.7 Å². The molecule has 0 aliphatic heterocycles. The van der Waals surface area contributed by atoms with E-state index in [1.54, 1.807) is 11.3 Å². The lowest BCUT2D eigenvalue weighted by molar-refractivity contribution is 0.591. The summed E-state index contributed by atoms with van der Waals surface area (Å²) >= 11 is 1.72. The molecule has 2 aromatic heterocycles. The van der Waals surface area contributed by atoms with E-state index >= 15 is 0 Å². The number of hydrogen-bond donors (Lipinski definition) is 1. The highest BCUT2D eigenvalue weighted by Crippen LogP contribution is 2.27. The molecule has 0 saturated heterocycles. The van der Waals surface area contributed by atoms with E-state index in [1.807, 2.05) is 18.7 Å². The highest BCUT2D eigenvalue weighted by molar-refractivity contribution is 7.09. The maximum Gasteiger partial charge on any atom is 0.115 e. The summed E-state index contributed by atoms with van der Waals surface area (Å²) in [5, 5.41) is 11.4. The molecule has 1 atom stereocenters. The highest BCUT2D eigenvalue weighted by atomic mass is 32.1. The number of thiazole rings is 1. The minimum absolute atomic E-state index is 0.169. The third-order valence-corrected chi connectivity index (χ3v) is 4.09. The van der Waals surface area contributed by atoms with E-state index in [9.17, 15) is 0 Å². The van der Waals surface area contributed by atoms with Gasteiger partial charge in [0, 0.05) is 29.9 Å². The monoisotopic (exact) mass is 278 g/mol. The van der Waals surface area contributed by atoms with Gasteiger partial charge in [-0.15, -0.1) is 11.3 Å². The van der Waals surface area contributed by atoms with E-state index in [2.05, 4.69) is 40.8 Å². The molecule has 1 N–H and O–H groups in total. The summed E-state index contributed by atoms with van der Waals surface area (Å²) in [6.45, 7) is 7.36. The van der Waals surface area contributed by atoms with Gasteiger partial charge in [0.2, 0.25) is 0 Å². The first kappa shape index (κ1) is 14.2. The molecule has 1 unspecified atom stereocenters. The van der Waals surface area contributed by atoms with E-state index in [1.165, 1.54) is 5.56 Å². The fourth-order valence-electron chi connectivity index (χ4n) is 2.19. The second-order valence-corrected chi connectivity index (χ2v) is 5.66. The van der Waals surface area contributed by atoms with E-state index in [0.717, 1.165) is 35.8 Å². The number of rotatable bonds is 6. The molecule has 0 spiro atoms. The number of nitrogens with one attached hydrogen (secondary N) is 1. The van der Waals surface area contributed by atoms with Crippen LogP contribution in [0.5, 0.6) is 0 Å². The smallest absolute Gasteiger partial charge is 0.115 e. The Morgan fingerprint density at radius 1 is 1.42 bits per heavy atom. The third kappa shape index (κ3) is 3.22. The van der Waals surface area contributed by atoms with Crippen molar-refractivity contribution in [2.24, 2.45) is 7.05 Å². The van der Waals surface area contributed by atoms with Gasteiger partial charge in [-0.25, -0.2) is 4.98 Å². The fourth-order valence-corrected chi connectivity index (χ4v) is 3.08. The van der Waals surface area contributed by atoms with Gasteiger partial charge >= 0.3 is 0 Å². The van der Waals surface area contributed by atoms with Gasteiger partial charge in [-0.3, -0.25) is 4.68 Å². The Kier molecular flexibility index (Phi) is 4.71. The van der Waals surface area contributed by atoms with Crippen LogP contribution in [0.3, 0.4) is 0 Å². The highest BCUT2D eigenvalue weighted by Gasteiger charge is 2.21. The number of aryl methyl sites for hydroxylation is 3. The summed E-state index contributed by atoms with van der Waals surface area (Å²) in [6.07, 6.45) is 4.18. The summed E-state index contributed by atoms with van der Waals surface area (Å²) in [7, 11) is 1.98. The molecule has 0 radical (unpaired) electrons. The second-order valence-electron chi connectivity index (χ2n) is 4.77. The van der Waals surface area contributed by atoms with Crippen LogP contribution in [0.1, 0.15) is 48.3 Å². The van der Waals surface area contributed by atoms with Crippen molar-refractivity contribution in [3.63, 3.8) is 0 Å². The van der Waals surface area contributed by atoms with Gasteiger partial charge in [0.1, 0.15) is 5.01 Å². The van der Waals surface area contributed by atoms with Crippen molar-refractivity contribution in [2.45, 2.75) is 39.7 Å². The van der Waals surface area contributed by atoms with Crippen molar-refractivity contribution in [2.75, 3.05) is 6.54 Å². The molecule has 0 saturated carbocycles. The molecule has 0 aliphatic carbocycles. The SMILES string of the molecule is CCCNC(c1nc(C)cs1)c1cn(C)nc1CC. The molecule has 19 heavy (non-hydrogen) atoms. The molecule has 104 valence electrons. The molecular weight excluding hydrogens is 256 g/mol. The first-order valence-corrected chi connectivity index (χ1v) is 7.71. The van der Waals surface area contributed by atoms with Crippen molar-refractivity contribution in [1.29, 1.82) is 0 Å². The lowest BCUT2D eigenvalue weighted by atomic mass is 10.1. The van der Waals surface area contributed by atoms with Gasteiger partial charge in [0.05, 0.1) is 11.7 Å². The van der Waals surface area contributed by atoms with Gasteiger partial charge in [0.25, 0.3) is 0 Å². The Hall–Kier alpha value is -1.20. The van der Waals surface area contributed by atoms with Crippen LogP contribution in [0, 0.1) is 6.92 Å². The molecule has 0 amide bonds. The molecule has 0 fully saturated rings. The van der Waals surface area contributed by atoms with E-state index in [0.29, 0.717) is 0 Å². The van der Waals surface area contributed by atoms with Crippen molar-refractivity contribution < 1.29 is 0 Å². The molecule has 2 rings (SSSR count). The van der Waals surface area contributed by atoms with Crippen LogP contribution in [0.25, 0.3) is 0 Å². The summed E-state index contributed by atoms with van der Waals surface area (Å²) in [5.74, 6) is 0. The van der Waals surface area contributed by atoms with Crippen molar-refractivity contribution in [3.8, 4) is 0 Å². The largest absolute Gasteiger partial charge is 0.304 e. The van der Waals surface area contributed by atoms with E-state index in [-0.39, 0.29) is 6.04 Å². The molecule has 0 bridgehead atoms. The first-order chi connectivity index (χ1) is 9.15. The normalized spacial score (nSPS) is 12.8. The van der Waals surface area contributed by atoms with Crippen LogP contribution in [-0.2, 0) is 13.5 Å². The predicted molar refractivity (Wildman–Crippen MR) is 79.6 cm³/mol. The summed E-state index contributed by atoms with van der Waals surface area (Å²) in [5.41, 5.74) is 3.50. The molecule has 2 aromatic rings. The quantitative estimate of drug-likeness (QED) is 0.883. The van der Waals surface area contributed by atoms with Crippen LogP contribution >= 0.6 is 11.3 Å². The Labute approximate surface area is 118 Å². The molecular formula is C14H22N4S. The third-order valence-electron chi connectivity index (χ3n) is 3.07. The Morgan fingerprint density at radius 2 is 2.21 bits per heavy atom. The molecule has 5 heteroatoms. The van der Waals surface area contributed by atoms with Crippen LogP contribution in [0.2, 0.25) is 0 Å². The average molecular weight is 278 g/mol. The molecule has 0 aliphatic rings. The van der Waals surface area contributed by atoms with Crippen LogP contribution in [-0.4, -0.2) is 21.3 Å². The second kappa shape index (κ2) is 6.30. The zero-order chi connectivity index (χ0) is 13.8. The van der Waals surface area contributed by atoms with Gasteiger partial charge in [0.15, 0.2) is 0 Å². The Morgan fingerprint density at radius 3 is 2.79 bits per heavy atom. The summed E-state index contributed by atoms with van der Waals surface area (Å²) in [6, 6.07) is 0.169. The van der Waals surface area contributed by atoms with Crippen LogP contribution in [0.15, 0.2) is 11.6 Å². The van der Waals surface area contributed by atoms with Crippen LogP contribution < -0.4 is 5.32 Å². The maximum atomic E-state index is 4.64.